The van der Waals surface area contributed by atoms with E-state index in [1.54, 1.807) is 0 Å². The van der Waals surface area contributed by atoms with Crippen molar-refractivity contribution in [2.24, 2.45) is 22.6 Å². The molecular weight excluding hydrogens is 214 g/mol. The predicted molar refractivity (Wildman–Crippen MR) is 66.8 cm³/mol. The smallest absolute Gasteiger partial charge is 0.346 e. The second kappa shape index (κ2) is 3.72. The molecule has 2 amide bonds. The van der Waals surface area contributed by atoms with E-state index < -0.39 is 0 Å². The van der Waals surface area contributed by atoms with Gasteiger partial charge in [-0.25, -0.2) is 4.79 Å². The number of aliphatic imine (C=N–C) groups is 1. The molecule has 0 spiro atoms. The van der Waals surface area contributed by atoms with E-state index in [9.17, 15) is 4.79 Å². The van der Waals surface area contributed by atoms with Crippen LogP contribution in [0.25, 0.3) is 0 Å². The second-order valence-corrected chi connectivity index (χ2v) is 6.11. The molecule has 4 heteroatoms. The molecule has 1 heterocycles. The Hall–Kier alpha value is -1.06. The Morgan fingerprint density at radius 3 is 2.59 bits per heavy atom. The maximum absolute atomic E-state index is 11.9. The monoisotopic (exact) mass is 235 g/mol. The van der Waals surface area contributed by atoms with Crippen molar-refractivity contribution in [3.63, 3.8) is 0 Å². The molecule has 3 aliphatic rings. The van der Waals surface area contributed by atoms with Crippen LogP contribution in [0, 0.1) is 11.8 Å². The maximum Gasteiger partial charge on any atom is 0.346 e. The zero-order chi connectivity index (χ0) is 12.0. The molecule has 0 aromatic rings. The molecule has 0 aromatic carbocycles. The number of nitrogens with two attached hydrogens (primary N) is 1. The highest BCUT2D eigenvalue weighted by molar-refractivity contribution is 6.05. The molecule has 3 rings (SSSR count). The van der Waals surface area contributed by atoms with Gasteiger partial charge in [-0.2, -0.15) is 4.99 Å². The first-order valence-electron chi connectivity index (χ1n) is 6.76. The molecule has 94 valence electrons. The summed E-state index contributed by atoms with van der Waals surface area (Å²) in [5.74, 6) is 1.97. The van der Waals surface area contributed by atoms with Crippen LogP contribution in [0.15, 0.2) is 4.99 Å². The Kier molecular flexibility index (Phi) is 2.42. The Morgan fingerprint density at radius 2 is 2.06 bits per heavy atom. The molecule has 2 N–H and O–H groups in total. The third kappa shape index (κ3) is 1.83. The summed E-state index contributed by atoms with van der Waals surface area (Å²) < 4.78 is 0. The Balaban J connectivity index is 1.76. The Labute approximate surface area is 102 Å². The first kappa shape index (κ1) is 11.1. The number of carbonyl (C=O) groups is 1. The van der Waals surface area contributed by atoms with Crippen molar-refractivity contribution in [1.82, 2.24) is 4.90 Å². The minimum Gasteiger partial charge on any atom is -0.385 e. The van der Waals surface area contributed by atoms with Crippen LogP contribution in [-0.2, 0) is 0 Å². The van der Waals surface area contributed by atoms with Crippen LogP contribution in [0.1, 0.15) is 45.4 Å². The van der Waals surface area contributed by atoms with Gasteiger partial charge in [0, 0.05) is 6.54 Å². The number of amidine groups is 1. The maximum atomic E-state index is 11.9. The van der Waals surface area contributed by atoms with Gasteiger partial charge in [-0.15, -0.1) is 0 Å². The molecule has 0 bridgehead atoms. The number of nitrogens with zero attached hydrogens (tertiary/aromatic N) is 2. The van der Waals surface area contributed by atoms with E-state index in [-0.39, 0.29) is 11.6 Å². The molecule has 2 fully saturated rings. The van der Waals surface area contributed by atoms with Gasteiger partial charge in [0.2, 0.25) is 0 Å². The third-order valence-corrected chi connectivity index (χ3v) is 4.64. The van der Waals surface area contributed by atoms with Crippen molar-refractivity contribution < 1.29 is 4.79 Å². The van der Waals surface area contributed by atoms with Gasteiger partial charge >= 0.3 is 6.03 Å². The van der Waals surface area contributed by atoms with E-state index in [0.29, 0.717) is 11.8 Å². The second-order valence-electron chi connectivity index (χ2n) is 6.11. The van der Waals surface area contributed by atoms with Gasteiger partial charge in [0.25, 0.3) is 0 Å². The molecule has 1 unspecified atom stereocenters. The lowest BCUT2D eigenvalue weighted by atomic mass is 9.75. The van der Waals surface area contributed by atoms with E-state index in [1.807, 2.05) is 4.90 Å². The van der Waals surface area contributed by atoms with Crippen LogP contribution in [0.5, 0.6) is 0 Å². The van der Waals surface area contributed by atoms with Crippen molar-refractivity contribution in [3.05, 3.63) is 0 Å². The molecular formula is C13H21N3O. The van der Waals surface area contributed by atoms with Crippen molar-refractivity contribution in [2.75, 3.05) is 6.54 Å². The molecule has 2 saturated carbocycles. The summed E-state index contributed by atoms with van der Waals surface area (Å²) >= 11 is 0. The fraction of sp³-hybridized carbons (Fsp3) is 0.846. The zero-order valence-corrected chi connectivity index (χ0v) is 10.5. The molecule has 4 nitrogen and oxygen atoms in total. The lowest BCUT2D eigenvalue weighted by molar-refractivity contribution is 0.139. The van der Waals surface area contributed by atoms with E-state index in [2.05, 4.69) is 11.9 Å². The summed E-state index contributed by atoms with van der Waals surface area (Å²) in [6.45, 7) is 2.95. The predicted octanol–water partition coefficient (Wildman–Crippen LogP) is 2.14. The molecule has 17 heavy (non-hydrogen) atoms. The molecule has 1 aliphatic heterocycles. The number of amides is 2. The van der Waals surface area contributed by atoms with Crippen molar-refractivity contribution in [2.45, 2.75) is 51.0 Å². The number of urea groups is 1. The largest absolute Gasteiger partial charge is 0.385 e. The summed E-state index contributed by atoms with van der Waals surface area (Å²) in [6.07, 6.45) is 7.41. The van der Waals surface area contributed by atoms with Crippen LogP contribution in [0.2, 0.25) is 0 Å². The molecule has 0 aromatic heterocycles. The lowest BCUT2D eigenvalue weighted by Gasteiger charge is -2.40. The van der Waals surface area contributed by atoms with Gasteiger partial charge in [0.15, 0.2) is 0 Å². The minimum atomic E-state index is -0.301. The first-order chi connectivity index (χ1) is 8.09. The fourth-order valence-corrected chi connectivity index (χ4v) is 2.95. The van der Waals surface area contributed by atoms with Crippen LogP contribution >= 0.6 is 0 Å². The third-order valence-electron chi connectivity index (χ3n) is 4.64. The summed E-state index contributed by atoms with van der Waals surface area (Å²) in [7, 11) is 0. The van der Waals surface area contributed by atoms with E-state index in [1.165, 1.54) is 32.1 Å². The van der Waals surface area contributed by atoms with Crippen LogP contribution in [0.3, 0.4) is 0 Å². The summed E-state index contributed by atoms with van der Waals surface area (Å²) in [4.78, 5) is 17.8. The van der Waals surface area contributed by atoms with Gasteiger partial charge < -0.3 is 10.6 Å². The van der Waals surface area contributed by atoms with E-state index >= 15 is 0 Å². The molecule has 0 saturated heterocycles. The number of rotatable bonds is 4. The van der Waals surface area contributed by atoms with E-state index in [4.69, 9.17) is 5.73 Å². The molecule has 0 radical (unpaired) electrons. The number of hydrogen-bond donors (Lipinski definition) is 1. The highest BCUT2D eigenvalue weighted by Gasteiger charge is 2.47. The molecule has 2 aliphatic carbocycles. The lowest BCUT2D eigenvalue weighted by Crippen LogP contribution is -2.54. The van der Waals surface area contributed by atoms with Crippen LogP contribution in [-0.4, -0.2) is 28.9 Å². The fourth-order valence-electron chi connectivity index (χ4n) is 2.95. The topological polar surface area (TPSA) is 58.7 Å². The Bertz CT molecular complexity index is 371. The SMILES string of the molecule is CC1(CC2CCC2)C(N)=NC(=O)N1CC1CC1. The quantitative estimate of drug-likeness (QED) is 0.811. The minimum absolute atomic E-state index is 0.115. The number of carbonyl (C=O) groups excluding carboxylic acids is 1. The summed E-state index contributed by atoms with van der Waals surface area (Å²) in [5, 5.41) is 0. The van der Waals surface area contributed by atoms with Crippen LogP contribution in [0.4, 0.5) is 4.79 Å². The van der Waals surface area contributed by atoms with Gasteiger partial charge in [-0.1, -0.05) is 19.3 Å². The zero-order valence-electron chi connectivity index (χ0n) is 10.5. The summed E-state index contributed by atoms with van der Waals surface area (Å²) in [5.41, 5.74) is 5.70. The van der Waals surface area contributed by atoms with E-state index in [0.717, 1.165) is 18.9 Å². The van der Waals surface area contributed by atoms with Crippen molar-refractivity contribution in [1.29, 1.82) is 0 Å². The van der Waals surface area contributed by atoms with Crippen LogP contribution < -0.4 is 5.73 Å². The standard InChI is InChI=1S/C13H21N3O/c1-13(7-9-3-2-4-9)11(14)15-12(17)16(13)8-10-5-6-10/h9-10H,2-8H2,1H3,(H2,14,15,17). The summed E-state index contributed by atoms with van der Waals surface area (Å²) in [6, 6.07) is -0.115. The highest BCUT2D eigenvalue weighted by Crippen LogP contribution is 2.40. The normalized spacial score (nSPS) is 33.8. The number of hydrogen-bond acceptors (Lipinski definition) is 2. The highest BCUT2D eigenvalue weighted by atomic mass is 16.2. The Morgan fingerprint density at radius 1 is 1.35 bits per heavy atom. The first-order valence-corrected chi connectivity index (χ1v) is 6.76. The van der Waals surface area contributed by atoms with Gasteiger partial charge in [-0.05, 0) is 38.0 Å². The van der Waals surface area contributed by atoms with Gasteiger partial charge in [0.1, 0.15) is 5.84 Å². The van der Waals surface area contributed by atoms with Crippen molar-refractivity contribution >= 4 is 11.9 Å². The average Bonchev–Trinajstić information content (AvgIpc) is 2.99. The average molecular weight is 235 g/mol. The van der Waals surface area contributed by atoms with Crippen molar-refractivity contribution in [3.8, 4) is 0 Å². The van der Waals surface area contributed by atoms with Gasteiger partial charge in [0.05, 0.1) is 5.54 Å². The molecule has 1 atom stereocenters. The van der Waals surface area contributed by atoms with Gasteiger partial charge in [-0.3, -0.25) is 0 Å².